The standard InChI is InChI=1S/C21H25NO3S/c1-24-13-8-19(23)22-11-9-21(10-12-22)20-17(7-14-25-21)15-18(26-20)16-5-3-2-4-6-16/h2-6,15H,7-14H2,1H3. The molecule has 1 aromatic carbocycles. The van der Waals surface area contributed by atoms with Crippen LogP contribution < -0.4 is 0 Å². The number of carbonyl (C=O) groups is 1. The van der Waals surface area contributed by atoms with Crippen molar-refractivity contribution in [3.05, 3.63) is 46.8 Å². The Morgan fingerprint density at radius 2 is 2.04 bits per heavy atom. The van der Waals surface area contributed by atoms with Crippen molar-refractivity contribution in [1.29, 1.82) is 0 Å². The van der Waals surface area contributed by atoms with Gasteiger partial charge in [0.05, 0.1) is 19.6 Å². The van der Waals surface area contributed by atoms with Gasteiger partial charge in [-0.2, -0.15) is 0 Å². The van der Waals surface area contributed by atoms with Crippen molar-refractivity contribution in [2.45, 2.75) is 31.3 Å². The lowest BCUT2D eigenvalue weighted by molar-refractivity contribution is -0.141. The van der Waals surface area contributed by atoms with Crippen molar-refractivity contribution in [2.24, 2.45) is 0 Å². The number of rotatable bonds is 4. The topological polar surface area (TPSA) is 38.8 Å². The van der Waals surface area contributed by atoms with E-state index in [2.05, 4.69) is 36.4 Å². The summed E-state index contributed by atoms with van der Waals surface area (Å²) in [5.74, 6) is 0.189. The molecule has 0 aliphatic carbocycles. The summed E-state index contributed by atoms with van der Waals surface area (Å²) in [6.07, 6.45) is 3.21. The second-order valence-electron chi connectivity index (χ2n) is 7.05. The Morgan fingerprint density at radius 3 is 2.77 bits per heavy atom. The van der Waals surface area contributed by atoms with Crippen LogP contribution in [0.25, 0.3) is 10.4 Å². The highest BCUT2D eigenvalue weighted by atomic mass is 32.1. The Labute approximate surface area is 158 Å². The minimum atomic E-state index is -0.205. The molecule has 0 radical (unpaired) electrons. The molecule has 0 unspecified atom stereocenters. The maximum absolute atomic E-state index is 12.3. The number of benzene rings is 1. The van der Waals surface area contributed by atoms with E-state index in [1.165, 1.54) is 20.9 Å². The van der Waals surface area contributed by atoms with Gasteiger partial charge in [0.25, 0.3) is 0 Å². The quantitative estimate of drug-likeness (QED) is 0.820. The van der Waals surface area contributed by atoms with Gasteiger partial charge in [0.2, 0.25) is 5.91 Å². The van der Waals surface area contributed by atoms with Crippen molar-refractivity contribution in [3.63, 3.8) is 0 Å². The summed E-state index contributed by atoms with van der Waals surface area (Å²) in [5.41, 5.74) is 2.50. The molecule has 5 heteroatoms. The zero-order valence-corrected chi connectivity index (χ0v) is 16.0. The van der Waals surface area contributed by atoms with Crippen LogP contribution in [-0.2, 0) is 26.3 Å². The van der Waals surface area contributed by atoms with Gasteiger partial charge in [0.1, 0.15) is 5.60 Å². The molecule has 138 valence electrons. The van der Waals surface area contributed by atoms with E-state index in [1.807, 2.05) is 16.2 Å². The van der Waals surface area contributed by atoms with Crippen LogP contribution in [-0.4, -0.2) is 44.2 Å². The van der Waals surface area contributed by atoms with Crippen molar-refractivity contribution in [2.75, 3.05) is 33.4 Å². The highest BCUT2D eigenvalue weighted by Gasteiger charge is 2.43. The number of fused-ring (bicyclic) bond motifs is 2. The summed E-state index contributed by atoms with van der Waals surface area (Å²) >= 11 is 1.87. The third kappa shape index (κ3) is 3.31. The minimum absolute atomic E-state index is 0.189. The number of amides is 1. The summed E-state index contributed by atoms with van der Waals surface area (Å²) in [5, 5.41) is 0. The van der Waals surface area contributed by atoms with E-state index in [1.54, 1.807) is 7.11 Å². The van der Waals surface area contributed by atoms with Gasteiger partial charge in [-0.25, -0.2) is 0 Å². The van der Waals surface area contributed by atoms with Crippen LogP contribution in [0.3, 0.4) is 0 Å². The van der Waals surface area contributed by atoms with Gasteiger partial charge in [-0.05, 0) is 36.5 Å². The van der Waals surface area contributed by atoms with Gasteiger partial charge in [-0.1, -0.05) is 30.3 Å². The summed E-state index contributed by atoms with van der Waals surface area (Å²) in [7, 11) is 1.64. The smallest absolute Gasteiger partial charge is 0.224 e. The van der Waals surface area contributed by atoms with Crippen molar-refractivity contribution < 1.29 is 14.3 Å². The zero-order valence-electron chi connectivity index (χ0n) is 15.2. The van der Waals surface area contributed by atoms with Gasteiger partial charge < -0.3 is 14.4 Å². The number of likely N-dealkylation sites (tertiary alicyclic amines) is 1. The molecular weight excluding hydrogens is 346 g/mol. The average molecular weight is 372 g/mol. The largest absolute Gasteiger partial charge is 0.384 e. The van der Waals surface area contributed by atoms with Crippen LogP contribution in [0.2, 0.25) is 0 Å². The summed E-state index contributed by atoms with van der Waals surface area (Å²) in [6, 6.07) is 12.9. The molecular formula is C21H25NO3S. The Bertz CT molecular complexity index is 763. The molecule has 2 aliphatic heterocycles. The van der Waals surface area contributed by atoms with Crippen LogP contribution in [0.4, 0.5) is 0 Å². The normalized spacial score (nSPS) is 18.7. The van der Waals surface area contributed by atoms with E-state index in [-0.39, 0.29) is 11.5 Å². The van der Waals surface area contributed by atoms with Crippen molar-refractivity contribution in [1.82, 2.24) is 4.90 Å². The fourth-order valence-corrected chi connectivity index (χ4v) is 5.42. The van der Waals surface area contributed by atoms with Crippen LogP contribution in [0.5, 0.6) is 0 Å². The molecule has 3 heterocycles. The fourth-order valence-electron chi connectivity index (χ4n) is 4.00. The highest BCUT2D eigenvalue weighted by Crippen LogP contribution is 2.47. The van der Waals surface area contributed by atoms with Gasteiger partial charge in [0, 0.05) is 30.0 Å². The third-order valence-electron chi connectivity index (χ3n) is 5.47. The number of piperidine rings is 1. The first-order chi connectivity index (χ1) is 12.7. The molecule has 1 aromatic heterocycles. The molecule has 0 bridgehead atoms. The molecule has 1 fully saturated rings. The number of methoxy groups -OCH3 is 1. The fraction of sp³-hybridized carbons (Fsp3) is 0.476. The molecule has 0 atom stereocenters. The molecule has 4 rings (SSSR count). The molecule has 1 saturated heterocycles. The van der Waals surface area contributed by atoms with Gasteiger partial charge in [0.15, 0.2) is 0 Å². The van der Waals surface area contributed by atoms with E-state index in [9.17, 15) is 4.79 Å². The molecule has 1 amide bonds. The first-order valence-corrected chi connectivity index (χ1v) is 10.1. The van der Waals surface area contributed by atoms with E-state index < -0.39 is 0 Å². The summed E-state index contributed by atoms with van der Waals surface area (Å²) in [4.78, 5) is 16.9. The Hall–Kier alpha value is -1.69. The third-order valence-corrected chi connectivity index (χ3v) is 6.89. The van der Waals surface area contributed by atoms with Crippen LogP contribution >= 0.6 is 11.3 Å². The van der Waals surface area contributed by atoms with Gasteiger partial charge in [-0.3, -0.25) is 4.79 Å². The second-order valence-corrected chi connectivity index (χ2v) is 8.10. The summed E-state index contributed by atoms with van der Waals surface area (Å²) < 4.78 is 11.4. The van der Waals surface area contributed by atoms with E-state index in [0.717, 1.165) is 39.0 Å². The lowest BCUT2D eigenvalue weighted by Gasteiger charge is -2.43. The number of hydrogen-bond acceptors (Lipinski definition) is 4. The monoisotopic (exact) mass is 371 g/mol. The molecule has 0 saturated carbocycles. The molecule has 4 nitrogen and oxygen atoms in total. The van der Waals surface area contributed by atoms with E-state index in [0.29, 0.717) is 13.0 Å². The first kappa shape index (κ1) is 17.7. The predicted octanol–water partition coefficient (Wildman–Crippen LogP) is 3.84. The van der Waals surface area contributed by atoms with Gasteiger partial charge in [-0.15, -0.1) is 11.3 Å². The van der Waals surface area contributed by atoms with Crippen LogP contribution in [0.1, 0.15) is 29.7 Å². The van der Waals surface area contributed by atoms with Crippen LogP contribution in [0, 0.1) is 0 Å². The Morgan fingerprint density at radius 1 is 1.27 bits per heavy atom. The summed E-state index contributed by atoms with van der Waals surface area (Å²) in [6.45, 7) is 2.79. The maximum atomic E-state index is 12.3. The number of nitrogens with zero attached hydrogens (tertiary/aromatic N) is 1. The number of ether oxygens (including phenoxy) is 2. The minimum Gasteiger partial charge on any atom is -0.384 e. The lowest BCUT2D eigenvalue weighted by Crippen LogP contribution is -2.48. The maximum Gasteiger partial charge on any atom is 0.224 e. The Balaban J connectivity index is 1.53. The molecule has 2 aliphatic rings. The van der Waals surface area contributed by atoms with Crippen LogP contribution in [0.15, 0.2) is 36.4 Å². The van der Waals surface area contributed by atoms with E-state index >= 15 is 0 Å². The van der Waals surface area contributed by atoms with Crippen molar-refractivity contribution in [3.8, 4) is 10.4 Å². The number of carbonyl (C=O) groups excluding carboxylic acids is 1. The molecule has 2 aromatic rings. The zero-order chi connectivity index (χ0) is 18.0. The SMILES string of the molecule is COCCC(=O)N1CCC2(CC1)OCCc1cc(-c3ccccc3)sc12. The second kappa shape index (κ2) is 7.51. The number of thiophene rings is 1. The first-order valence-electron chi connectivity index (χ1n) is 9.31. The molecule has 1 spiro atoms. The molecule has 26 heavy (non-hydrogen) atoms. The lowest BCUT2D eigenvalue weighted by atomic mass is 9.85. The average Bonchev–Trinajstić information content (AvgIpc) is 3.13. The predicted molar refractivity (Wildman–Crippen MR) is 103 cm³/mol. The van der Waals surface area contributed by atoms with E-state index in [4.69, 9.17) is 9.47 Å². The van der Waals surface area contributed by atoms with Gasteiger partial charge >= 0.3 is 0 Å². The molecule has 0 N–H and O–H groups in total. The Kier molecular flexibility index (Phi) is 5.11. The highest BCUT2D eigenvalue weighted by molar-refractivity contribution is 7.15. The van der Waals surface area contributed by atoms with Crippen molar-refractivity contribution >= 4 is 17.2 Å². The number of hydrogen-bond donors (Lipinski definition) is 0.